The summed E-state index contributed by atoms with van der Waals surface area (Å²) in [5.74, 6) is 1.21. The van der Waals surface area contributed by atoms with Crippen LogP contribution in [-0.4, -0.2) is 43.1 Å². The van der Waals surface area contributed by atoms with Crippen molar-refractivity contribution in [3.63, 3.8) is 0 Å². The van der Waals surface area contributed by atoms with Crippen molar-refractivity contribution in [3.8, 4) is 17.5 Å². The van der Waals surface area contributed by atoms with Crippen molar-refractivity contribution >= 4 is 5.91 Å². The molecule has 146 valence electrons. The van der Waals surface area contributed by atoms with Gasteiger partial charge in [-0.1, -0.05) is 0 Å². The molecule has 3 aromatic rings. The van der Waals surface area contributed by atoms with E-state index in [1.54, 1.807) is 47.3 Å². The first kappa shape index (κ1) is 18.6. The Morgan fingerprint density at radius 2 is 2.10 bits per heavy atom. The molecule has 1 saturated heterocycles. The van der Waals surface area contributed by atoms with Gasteiger partial charge in [0.25, 0.3) is 5.91 Å². The van der Waals surface area contributed by atoms with Crippen molar-refractivity contribution in [2.24, 2.45) is 0 Å². The van der Waals surface area contributed by atoms with Crippen molar-refractivity contribution < 1.29 is 9.53 Å². The molecule has 0 N–H and O–H groups in total. The number of amides is 1. The molecule has 0 unspecified atom stereocenters. The average molecular weight is 388 g/mol. The molecule has 8 nitrogen and oxygen atoms in total. The Hall–Kier alpha value is -3.73. The number of nitriles is 1. The first-order valence-corrected chi connectivity index (χ1v) is 9.46. The van der Waals surface area contributed by atoms with Crippen LogP contribution in [0.1, 0.15) is 41.8 Å². The fraction of sp³-hybridized carbons (Fsp3) is 0.286. The van der Waals surface area contributed by atoms with Gasteiger partial charge in [-0.2, -0.15) is 5.26 Å². The predicted molar refractivity (Wildman–Crippen MR) is 104 cm³/mol. The Balaban J connectivity index is 1.64. The number of carbonyl (C=O) groups excluding carboxylic acids is 1. The molecule has 1 fully saturated rings. The van der Waals surface area contributed by atoms with Gasteiger partial charge in [0.1, 0.15) is 12.4 Å². The summed E-state index contributed by atoms with van der Waals surface area (Å²) in [6.45, 7) is 2.89. The summed E-state index contributed by atoms with van der Waals surface area (Å²) < 4.78 is 7.51. The summed E-state index contributed by atoms with van der Waals surface area (Å²) >= 11 is 0. The van der Waals surface area contributed by atoms with Gasteiger partial charge in [0, 0.05) is 18.8 Å². The third-order valence-corrected chi connectivity index (χ3v) is 4.99. The highest BCUT2D eigenvalue weighted by atomic mass is 16.5. The number of pyridine rings is 1. The van der Waals surface area contributed by atoms with Crippen molar-refractivity contribution in [3.05, 3.63) is 66.0 Å². The number of aromatic nitrogens is 4. The standard InChI is InChI=1S/C21H20N6O2/c1-15-4-3-11-26(15)21(28)20-25-24-19(27(20)17-5-2-10-23-13-17)14-29-18-8-6-16(12-22)7-9-18/h2,5-10,13,15H,3-4,11,14H2,1H3/t15-/m0/s1. The summed E-state index contributed by atoms with van der Waals surface area (Å²) in [7, 11) is 0. The molecule has 0 spiro atoms. The Labute approximate surface area is 168 Å². The molecular weight excluding hydrogens is 368 g/mol. The predicted octanol–water partition coefficient (Wildman–Crippen LogP) is 2.74. The molecule has 4 rings (SSSR count). The van der Waals surface area contributed by atoms with Crippen LogP contribution in [0.3, 0.4) is 0 Å². The van der Waals surface area contributed by atoms with Crippen LogP contribution >= 0.6 is 0 Å². The molecule has 1 amide bonds. The minimum absolute atomic E-state index is 0.122. The van der Waals surface area contributed by atoms with Crippen LogP contribution in [0.5, 0.6) is 5.75 Å². The molecule has 0 saturated carbocycles. The molecule has 8 heteroatoms. The summed E-state index contributed by atoms with van der Waals surface area (Å²) in [5, 5.41) is 17.3. The second-order valence-electron chi connectivity index (χ2n) is 6.90. The van der Waals surface area contributed by atoms with Crippen molar-refractivity contribution in [2.45, 2.75) is 32.4 Å². The van der Waals surface area contributed by atoms with Crippen LogP contribution in [0.4, 0.5) is 0 Å². The van der Waals surface area contributed by atoms with Crippen molar-refractivity contribution in [1.82, 2.24) is 24.6 Å². The van der Waals surface area contributed by atoms with Crippen LogP contribution in [0.2, 0.25) is 0 Å². The van der Waals surface area contributed by atoms with E-state index >= 15 is 0 Å². The molecule has 1 atom stereocenters. The van der Waals surface area contributed by atoms with Crippen LogP contribution in [-0.2, 0) is 6.61 Å². The zero-order valence-electron chi connectivity index (χ0n) is 16.0. The number of ether oxygens (including phenoxy) is 1. The largest absolute Gasteiger partial charge is 0.486 e. The molecule has 29 heavy (non-hydrogen) atoms. The Kier molecular flexibility index (Phi) is 5.20. The normalized spacial score (nSPS) is 15.9. The Morgan fingerprint density at radius 3 is 2.76 bits per heavy atom. The van der Waals surface area contributed by atoms with Gasteiger partial charge < -0.3 is 9.64 Å². The molecule has 1 aliphatic rings. The lowest BCUT2D eigenvalue weighted by Gasteiger charge is -2.21. The van der Waals surface area contributed by atoms with E-state index in [1.165, 1.54) is 0 Å². The zero-order chi connectivity index (χ0) is 20.2. The Morgan fingerprint density at radius 1 is 1.28 bits per heavy atom. The molecule has 0 radical (unpaired) electrons. The van der Waals surface area contributed by atoms with E-state index in [-0.39, 0.29) is 24.4 Å². The second kappa shape index (κ2) is 8.10. The summed E-state index contributed by atoms with van der Waals surface area (Å²) in [5.41, 5.74) is 1.26. The number of hydrogen-bond acceptors (Lipinski definition) is 6. The summed E-state index contributed by atoms with van der Waals surface area (Å²) in [6.07, 6.45) is 5.31. The maximum atomic E-state index is 13.1. The zero-order valence-corrected chi connectivity index (χ0v) is 16.0. The lowest BCUT2D eigenvalue weighted by Crippen LogP contribution is -2.35. The average Bonchev–Trinajstić information content (AvgIpc) is 3.39. The number of rotatable bonds is 5. The molecule has 0 bridgehead atoms. The number of carbonyl (C=O) groups is 1. The van der Waals surface area contributed by atoms with Gasteiger partial charge in [0.2, 0.25) is 5.82 Å². The topological polar surface area (TPSA) is 96.9 Å². The highest BCUT2D eigenvalue weighted by Gasteiger charge is 2.31. The minimum atomic E-state index is -0.143. The van der Waals surface area contributed by atoms with Gasteiger partial charge in [0.05, 0.1) is 23.5 Å². The van der Waals surface area contributed by atoms with E-state index in [2.05, 4.69) is 21.3 Å². The molecule has 1 aliphatic heterocycles. The van der Waals surface area contributed by atoms with Gasteiger partial charge in [-0.3, -0.25) is 14.3 Å². The molecule has 2 aromatic heterocycles. The SMILES string of the molecule is C[C@H]1CCCN1C(=O)c1nnc(COc2ccc(C#N)cc2)n1-c1cccnc1. The van der Waals surface area contributed by atoms with Crippen LogP contribution in [0.15, 0.2) is 48.8 Å². The third-order valence-electron chi connectivity index (χ3n) is 4.99. The summed E-state index contributed by atoms with van der Waals surface area (Å²) in [4.78, 5) is 19.1. The van der Waals surface area contributed by atoms with Crippen LogP contribution < -0.4 is 4.74 Å². The van der Waals surface area contributed by atoms with Crippen LogP contribution in [0.25, 0.3) is 5.69 Å². The smallest absolute Gasteiger partial charge is 0.292 e. The molecular formula is C21H20N6O2. The summed E-state index contributed by atoms with van der Waals surface area (Å²) in [6, 6.07) is 12.7. The maximum Gasteiger partial charge on any atom is 0.292 e. The highest BCUT2D eigenvalue weighted by Crippen LogP contribution is 2.22. The third kappa shape index (κ3) is 3.80. The van der Waals surface area contributed by atoms with Gasteiger partial charge in [-0.25, -0.2) is 0 Å². The van der Waals surface area contributed by atoms with Gasteiger partial charge in [-0.05, 0) is 56.2 Å². The van der Waals surface area contributed by atoms with E-state index in [1.807, 2.05) is 17.9 Å². The highest BCUT2D eigenvalue weighted by molar-refractivity contribution is 5.91. The lowest BCUT2D eigenvalue weighted by atomic mass is 10.2. The number of nitrogens with zero attached hydrogens (tertiary/aromatic N) is 6. The number of benzene rings is 1. The molecule has 1 aromatic carbocycles. The number of likely N-dealkylation sites (tertiary alicyclic amines) is 1. The number of hydrogen-bond donors (Lipinski definition) is 0. The van der Waals surface area contributed by atoms with E-state index in [0.717, 1.165) is 19.4 Å². The molecule has 3 heterocycles. The molecule has 0 aliphatic carbocycles. The van der Waals surface area contributed by atoms with Gasteiger partial charge in [-0.15, -0.1) is 10.2 Å². The van der Waals surface area contributed by atoms with Gasteiger partial charge >= 0.3 is 0 Å². The fourth-order valence-electron chi connectivity index (χ4n) is 3.44. The minimum Gasteiger partial charge on any atom is -0.486 e. The monoisotopic (exact) mass is 388 g/mol. The Bertz CT molecular complexity index is 1040. The quantitative estimate of drug-likeness (QED) is 0.667. The van der Waals surface area contributed by atoms with Crippen LogP contribution in [0, 0.1) is 11.3 Å². The lowest BCUT2D eigenvalue weighted by molar-refractivity contribution is 0.0732. The van der Waals surface area contributed by atoms with E-state index in [9.17, 15) is 4.79 Å². The van der Waals surface area contributed by atoms with Crippen molar-refractivity contribution in [1.29, 1.82) is 5.26 Å². The van der Waals surface area contributed by atoms with E-state index in [4.69, 9.17) is 10.00 Å². The maximum absolute atomic E-state index is 13.1. The first-order chi connectivity index (χ1) is 14.2. The van der Waals surface area contributed by atoms with E-state index in [0.29, 0.717) is 22.8 Å². The van der Waals surface area contributed by atoms with Gasteiger partial charge in [0.15, 0.2) is 5.82 Å². The van der Waals surface area contributed by atoms with Crippen molar-refractivity contribution in [2.75, 3.05) is 6.54 Å². The first-order valence-electron chi connectivity index (χ1n) is 9.46. The van der Waals surface area contributed by atoms with E-state index < -0.39 is 0 Å². The second-order valence-corrected chi connectivity index (χ2v) is 6.90. The fourth-order valence-corrected chi connectivity index (χ4v) is 3.44.